The molecule has 1 amide bonds. The van der Waals surface area contributed by atoms with Crippen LogP contribution in [0.1, 0.15) is 75.0 Å². The molecule has 2 fully saturated rings. The molecule has 2 aromatic carbocycles. The van der Waals surface area contributed by atoms with Gasteiger partial charge in [-0.05, 0) is 75.9 Å². The first kappa shape index (κ1) is 39.4. The largest absolute Gasteiger partial charge is 0.489 e. The van der Waals surface area contributed by atoms with Crippen LogP contribution in [-0.4, -0.2) is 83.9 Å². The Labute approximate surface area is 308 Å². The zero-order valence-corrected chi connectivity index (χ0v) is 30.2. The van der Waals surface area contributed by atoms with Gasteiger partial charge in [0.1, 0.15) is 12.9 Å². The molecule has 8 nitrogen and oxygen atoms in total. The lowest BCUT2D eigenvalue weighted by molar-refractivity contribution is -0.165. The number of aliphatic imine (C=N–C) groups is 2. The van der Waals surface area contributed by atoms with Gasteiger partial charge in [0.15, 0.2) is 17.6 Å². The molecule has 16 heteroatoms. The maximum atomic E-state index is 15.6. The van der Waals surface area contributed by atoms with E-state index in [1.165, 1.54) is 17.1 Å². The molecule has 2 heterocycles. The zero-order valence-electron chi connectivity index (χ0n) is 30.2. The van der Waals surface area contributed by atoms with Gasteiger partial charge in [-0.25, -0.2) is 14.4 Å². The molecule has 54 heavy (non-hydrogen) atoms. The molecule has 1 unspecified atom stereocenters. The SMILES string of the molecule is C=C(Nc1ccc(C(F)(F)F)cc1C1=NC=NC(C(F)(F)F)C1)C1=C(C)C2(CCC2)N(C)N(Cc2ccc(OCCN(C)C3CCCC3)c(F)c2F)C1=O. The molecular weight excluding hydrogens is 724 g/mol. The fourth-order valence-electron chi connectivity index (χ4n) is 7.81. The van der Waals surface area contributed by atoms with Crippen molar-refractivity contribution in [1.82, 2.24) is 14.9 Å². The molecule has 0 bridgehead atoms. The summed E-state index contributed by atoms with van der Waals surface area (Å²) in [6, 6.07) is 3.41. The number of amides is 1. The van der Waals surface area contributed by atoms with Crippen molar-refractivity contribution in [2.75, 3.05) is 32.6 Å². The monoisotopic (exact) mass is 766 g/mol. The predicted molar refractivity (Wildman–Crippen MR) is 188 cm³/mol. The van der Waals surface area contributed by atoms with Gasteiger partial charge in [-0.15, -0.1) is 0 Å². The van der Waals surface area contributed by atoms with Crippen molar-refractivity contribution < 1.29 is 44.7 Å². The molecule has 0 aromatic heterocycles. The fraction of sp³-hybridized carbons (Fsp3) is 0.500. The maximum absolute atomic E-state index is 15.6. The molecule has 4 aliphatic rings. The van der Waals surface area contributed by atoms with Gasteiger partial charge in [0.25, 0.3) is 5.91 Å². The fourth-order valence-corrected chi connectivity index (χ4v) is 7.81. The quantitative estimate of drug-likeness (QED) is 0.233. The lowest BCUT2D eigenvalue weighted by atomic mass is 9.68. The van der Waals surface area contributed by atoms with Crippen LogP contribution in [0.15, 0.2) is 63.7 Å². The van der Waals surface area contributed by atoms with E-state index in [1.807, 2.05) is 7.05 Å². The van der Waals surface area contributed by atoms with Gasteiger partial charge in [0.05, 0.1) is 28.9 Å². The summed E-state index contributed by atoms with van der Waals surface area (Å²) in [7, 11) is 3.65. The number of alkyl halides is 6. The number of likely N-dealkylation sites (N-methyl/N-ethyl adjacent to an activating group) is 2. The number of ether oxygens (including phenoxy) is 1. The van der Waals surface area contributed by atoms with Crippen molar-refractivity contribution >= 4 is 23.6 Å². The van der Waals surface area contributed by atoms with Crippen molar-refractivity contribution in [3.05, 3.63) is 82.1 Å². The van der Waals surface area contributed by atoms with Crippen LogP contribution in [0, 0.1) is 11.6 Å². The minimum Gasteiger partial charge on any atom is -0.489 e. The standard InChI is InChI=1S/C38H42F8N6O2/c1-22-32(23(2)49-28-12-11-25(37(41,42)43)18-27(28)29-19-31(38(44,45)46)48-21-47-29)35(53)52(51(4)36(22)14-7-15-36)20-24-10-13-30(34(40)33(24)39)54-17-16-50(3)26-8-5-6-9-26/h10-13,18,21,26,31,49H,2,5-9,14-17,19-20H2,1,3-4H3. The second-order valence-electron chi connectivity index (χ2n) is 14.4. The van der Waals surface area contributed by atoms with Gasteiger partial charge in [-0.1, -0.05) is 25.5 Å². The Morgan fingerprint density at radius 2 is 1.76 bits per heavy atom. The van der Waals surface area contributed by atoms with Gasteiger partial charge in [0, 0.05) is 48.6 Å². The maximum Gasteiger partial charge on any atom is 0.416 e. The number of halogens is 8. The Morgan fingerprint density at radius 1 is 1.06 bits per heavy atom. The van der Waals surface area contributed by atoms with E-state index in [0.29, 0.717) is 43.4 Å². The second kappa shape index (κ2) is 15.1. The molecule has 0 saturated heterocycles. The van der Waals surface area contributed by atoms with E-state index < -0.39 is 53.5 Å². The molecule has 2 aliphatic carbocycles. The molecule has 1 N–H and O–H groups in total. The smallest absolute Gasteiger partial charge is 0.416 e. The van der Waals surface area contributed by atoms with E-state index in [1.54, 1.807) is 19.0 Å². The Morgan fingerprint density at radius 3 is 2.39 bits per heavy atom. The van der Waals surface area contributed by atoms with Crippen molar-refractivity contribution in [3.63, 3.8) is 0 Å². The van der Waals surface area contributed by atoms with Gasteiger partial charge < -0.3 is 15.0 Å². The van der Waals surface area contributed by atoms with E-state index in [9.17, 15) is 31.1 Å². The molecule has 1 spiro atoms. The predicted octanol–water partition coefficient (Wildman–Crippen LogP) is 8.44. The number of benzene rings is 2. The number of hydrazine groups is 1. The first-order valence-corrected chi connectivity index (χ1v) is 17.8. The number of anilines is 1. The minimum absolute atomic E-state index is 0.0432. The summed E-state index contributed by atoms with van der Waals surface area (Å²) in [6.07, 6.45) is -3.21. The van der Waals surface area contributed by atoms with Crippen LogP contribution in [0.2, 0.25) is 0 Å². The van der Waals surface area contributed by atoms with E-state index in [-0.39, 0.29) is 52.7 Å². The summed E-state index contributed by atoms with van der Waals surface area (Å²) >= 11 is 0. The first-order chi connectivity index (χ1) is 25.4. The molecule has 2 saturated carbocycles. The molecule has 1 atom stereocenters. The van der Waals surface area contributed by atoms with Crippen molar-refractivity contribution in [1.29, 1.82) is 0 Å². The highest BCUT2D eigenvalue weighted by Gasteiger charge is 2.51. The van der Waals surface area contributed by atoms with E-state index in [2.05, 4.69) is 26.8 Å². The normalized spacial score (nSPS) is 20.9. The minimum atomic E-state index is -4.82. The first-order valence-electron chi connectivity index (χ1n) is 17.8. The molecule has 2 aliphatic heterocycles. The number of hydrogen-bond donors (Lipinski definition) is 1. The van der Waals surface area contributed by atoms with E-state index in [4.69, 9.17) is 4.74 Å². The highest BCUT2D eigenvalue weighted by atomic mass is 19.4. The van der Waals surface area contributed by atoms with Gasteiger partial charge in [0.2, 0.25) is 5.82 Å². The molecule has 2 aromatic rings. The summed E-state index contributed by atoms with van der Waals surface area (Å²) in [5.74, 6) is -3.25. The Balaban J connectivity index is 1.25. The second-order valence-corrected chi connectivity index (χ2v) is 14.4. The third kappa shape index (κ3) is 7.63. The van der Waals surface area contributed by atoms with Crippen LogP contribution in [-0.2, 0) is 17.5 Å². The number of rotatable bonds is 11. The zero-order chi connectivity index (χ0) is 39.2. The van der Waals surface area contributed by atoms with Crippen LogP contribution >= 0.6 is 0 Å². The summed E-state index contributed by atoms with van der Waals surface area (Å²) < 4.78 is 119. The van der Waals surface area contributed by atoms with Gasteiger partial charge in [-0.2, -0.15) is 30.7 Å². The number of carbonyl (C=O) groups is 1. The third-order valence-corrected chi connectivity index (χ3v) is 11.3. The molecular formula is C38H42F8N6O2. The van der Waals surface area contributed by atoms with E-state index in [0.717, 1.165) is 44.2 Å². The Bertz CT molecular complexity index is 1880. The van der Waals surface area contributed by atoms with Crippen molar-refractivity contribution in [2.24, 2.45) is 9.98 Å². The topological polar surface area (TPSA) is 72.8 Å². The van der Waals surface area contributed by atoms with E-state index >= 15 is 8.78 Å². The van der Waals surface area contributed by atoms with Crippen LogP contribution in [0.3, 0.4) is 0 Å². The summed E-state index contributed by atoms with van der Waals surface area (Å²) in [5.41, 5.74) is -1.95. The van der Waals surface area contributed by atoms with Crippen LogP contribution < -0.4 is 10.1 Å². The average molecular weight is 767 g/mol. The Hall–Kier alpha value is -4.31. The molecule has 292 valence electrons. The van der Waals surface area contributed by atoms with Crippen molar-refractivity contribution in [2.45, 2.75) is 94.8 Å². The number of hydrogen-bond acceptors (Lipinski definition) is 7. The number of nitrogens with zero attached hydrogens (tertiary/aromatic N) is 5. The van der Waals surface area contributed by atoms with Crippen molar-refractivity contribution in [3.8, 4) is 5.75 Å². The average Bonchev–Trinajstić information content (AvgIpc) is 3.64. The van der Waals surface area contributed by atoms with Crippen LogP contribution in [0.4, 0.5) is 40.8 Å². The Kier molecular flexibility index (Phi) is 11.0. The number of nitrogens with one attached hydrogen (secondary N) is 1. The lowest BCUT2D eigenvalue weighted by Gasteiger charge is -2.56. The third-order valence-electron chi connectivity index (χ3n) is 11.3. The highest BCUT2D eigenvalue weighted by Crippen LogP contribution is 2.49. The number of carbonyl (C=O) groups excluding carboxylic acids is 1. The highest BCUT2D eigenvalue weighted by molar-refractivity contribution is 6.10. The lowest BCUT2D eigenvalue weighted by Crippen LogP contribution is -2.64. The molecule has 6 rings (SSSR count). The summed E-state index contributed by atoms with van der Waals surface area (Å²) in [6.45, 7) is 6.09. The summed E-state index contributed by atoms with van der Waals surface area (Å²) in [5, 5.41) is 5.85. The van der Waals surface area contributed by atoms with Crippen LogP contribution in [0.5, 0.6) is 5.75 Å². The van der Waals surface area contributed by atoms with Gasteiger partial charge in [-0.3, -0.25) is 14.8 Å². The van der Waals surface area contributed by atoms with Gasteiger partial charge >= 0.3 is 12.4 Å². The van der Waals surface area contributed by atoms with Crippen LogP contribution in [0.25, 0.3) is 0 Å². The molecule has 0 radical (unpaired) electrons. The summed E-state index contributed by atoms with van der Waals surface area (Å²) in [4.78, 5) is 23.7.